The highest BCUT2D eigenvalue weighted by Gasteiger charge is 2.19. The molecule has 0 heterocycles. The average molecular weight is 295 g/mol. The molecule has 5 nitrogen and oxygen atoms in total. The summed E-state index contributed by atoms with van der Waals surface area (Å²) < 4.78 is 15.8. The molecule has 0 aliphatic carbocycles. The lowest BCUT2D eigenvalue weighted by molar-refractivity contribution is -0.146. The van der Waals surface area contributed by atoms with E-state index in [1.165, 1.54) is 0 Å². The van der Waals surface area contributed by atoms with Crippen molar-refractivity contribution in [2.45, 2.75) is 32.9 Å². The Kier molecular flexibility index (Phi) is 8.47. The number of ether oxygens (including phenoxy) is 3. The van der Waals surface area contributed by atoms with Gasteiger partial charge in [-0.05, 0) is 37.6 Å². The van der Waals surface area contributed by atoms with E-state index in [0.29, 0.717) is 13.2 Å². The summed E-state index contributed by atoms with van der Waals surface area (Å²) in [7, 11) is 1.65. The van der Waals surface area contributed by atoms with Gasteiger partial charge >= 0.3 is 5.97 Å². The van der Waals surface area contributed by atoms with Crippen molar-refractivity contribution in [3.63, 3.8) is 0 Å². The molecule has 0 spiro atoms. The molecule has 1 N–H and O–H groups in total. The van der Waals surface area contributed by atoms with Crippen LogP contribution in [-0.4, -0.2) is 38.9 Å². The van der Waals surface area contributed by atoms with Gasteiger partial charge in [0.2, 0.25) is 0 Å². The number of benzene rings is 1. The second-order valence-electron chi connectivity index (χ2n) is 4.65. The zero-order chi connectivity index (χ0) is 15.5. The Morgan fingerprint density at radius 1 is 1.33 bits per heavy atom. The van der Waals surface area contributed by atoms with E-state index < -0.39 is 6.04 Å². The Bertz CT molecular complexity index is 422. The molecule has 118 valence electrons. The minimum atomic E-state index is -0.448. The van der Waals surface area contributed by atoms with Crippen LogP contribution in [0.15, 0.2) is 24.3 Å². The molecular weight excluding hydrogens is 270 g/mol. The molecule has 1 atom stereocenters. The van der Waals surface area contributed by atoms with Crippen LogP contribution in [0.2, 0.25) is 0 Å². The summed E-state index contributed by atoms with van der Waals surface area (Å²) in [6.07, 6.45) is 0.944. The largest absolute Gasteiger partial charge is 0.491 e. The lowest BCUT2D eigenvalue weighted by Gasteiger charge is -2.17. The van der Waals surface area contributed by atoms with E-state index in [2.05, 4.69) is 5.32 Å². The summed E-state index contributed by atoms with van der Waals surface area (Å²) >= 11 is 0. The minimum absolute atomic E-state index is 0.245. The van der Waals surface area contributed by atoms with E-state index in [9.17, 15) is 4.79 Å². The molecule has 1 rings (SSSR count). The van der Waals surface area contributed by atoms with Gasteiger partial charge in [0.05, 0.1) is 13.2 Å². The molecule has 0 amide bonds. The second kappa shape index (κ2) is 10.2. The van der Waals surface area contributed by atoms with E-state index in [4.69, 9.17) is 14.2 Å². The molecule has 1 aromatic rings. The Balaban J connectivity index is 2.58. The van der Waals surface area contributed by atoms with Crippen LogP contribution in [0.3, 0.4) is 0 Å². The molecule has 0 radical (unpaired) electrons. The van der Waals surface area contributed by atoms with Gasteiger partial charge in [-0.2, -0.15) is 0 Å². The Morgan fingerprint density at radius 3 is 2.81 bits per heavy atom. The molecule has 21 heavy (non-hydrogen) atoms. The summed E-state index contributed by atoms with van der Waals surface area (Å²) in [5.74, 6) is 0.441. The monoisotopic (exact) mass is 295 g/mol. The summed E-state index contributed by atoms with van der Waals surface area (Å²) in [4.78, 5) is 11.9. The summed E-state index contributed by atoms with van der Waals surface area (Å²) in [6, 6.07) is 7.19. The average Bonchev–Trinajstić information content (AvgIpc) is 2.48. The lowest BCUT2D eigenvalue weighted by atomic mass is 10.2. The SMILES string of the molecule is CCCNC(COc1cccc(COC)c1)C(=O)OCC. The summed E-state index contributed by atoms with van der Waals surface area (Å²) in [5.41, 5.74) is 1.03. The number of carbonyl (C=O) groups excluding carboxylic acids is 1. The number of rotatable bonds is 10. The van der Waals surface area contributed by atoms with Crippen LogP contribution < -0.4 is 10.1 Å². The van der Waals surface area contributed by atoms with Gasteiger partial charge in [0, 0.05) is 7.11 Å². The quantitative estimate of drug-likeness (QED) is 0.670. The molecule has 0 bridgehead atoms. The fraction of sp³-hybridized carbons (Fsp3) is 0.562. The molecule has 1 unspecified atom stereocenters. The predicted octanol–water partition coefficient (Wildman–Crippen LogP) is 2.14. The van der Waals surface area contributed by atoms with Gasteiger partial charge in [0.25, 0.3) is 0 Å². The van der Waals surface area contributed by atoms with E-state index >= 15 is 0 Å². The highest BCUT2D eigenvalue weighted by atomic mass is 16.5. The third kappa shape index (κ3) is 6.60. The topological polar surface area (TPSA) is 56.8 Å². The first-order valence-electron chi connectivity index (χ1n) is 7.31. The van der Waals surface area contributed by atoms with E-state index in [1.54, 1.807) is 14.0 Å². The van der Waals surface area contributed by atoms with Crippen LogP contribution in [0.1, 0.15) is 25.8 Å². The van der Waals surface area contributed by atoms with Gasteiger partial charge in [0.1, 0.15) is 18.4 Å². The Morgan fingerprint density at radius 2 is 2.14 bits per heavy atom. The van der Waals surface area contributed by atoms with E-state index in [1.807, 2.05) is 31.2 Å². The molecule has 0 saturated heterocycles. The molecular formula is C16H25NO4. The van der Waals surface area contributed by atoms with Gasteiger partial charge in [-0.1, -0.05) is 19.1 Å². The van der Waals surface area contributed by atoms with Gasteiger partial charge in [-0.15, -0.1) is 0 Å². The summed E-state index contributed by atoms with van der Waals surface area (Å²) in [5, 5.41) is 3.14. The Labute approximate surface area is 126 Å². The first-order chi connectivity index (χ1) is 10.2. The smallest absolute Gasteiger partial charge is 0.326 e. The van der Waals surface area contributed by atoms with Crippen LogP contribution >= 0.6 is 0 Å². The maximum Gasteiger partial charge on any atom is 0.326 e. The van der Waals surface area contributed by atoms with Gasteiger partial charge in [-0.3, -0.25) is 4.79 Å². The van der Waals surface area contributed by atoms with Crippen molar-refractivity contribution < 1.29 is 19.0 Å². The lowest BCUT2D eigenvalue weighted by Crippen LogP contribution is -2.43. The fourth-order valence-corrected chi connectivity index (χ4v) is 1.84. The zero-order valence-corrected chi connectivity index (χ0v) is 13.1. The number of methoxy groups -OCH3 is 1. The fourth-order valence-electron chi connectivity index (χ4n) is 1.84. The van der Waals surface area contributed by atoms with E-state index in [0.717, 1.165) is 24.3 Å². The van der Waals surface area contributed by atoms with Crippen molar-refractivity contribution in [1.29, 1.82) is 0 Å². The Hall–Kier alpha value is -1.59. The zero-order valence-electron chi connectivity index (χ0n) is 13.1. The van der Waals surface area contributed by atoms with E-state index in [-0.39, 0.29) is 12.6 Å². The maximum atomic E-state index is 11.9. The second-order valence-corrected chi connectivity index (χ2v) is 4.65. The van der Waals surface area contributed by atoms with Gasteiger partial charge in [-0.25, -0.2) is 0 Å². The van der Waals surface area contributed by atoms with Gasteiger partial charge in [0.15, 0.2) is 0 Å². The van der Waals surface area contributed by atoms with Crippen LogP contribution in [0.5, 0.6) is 5.75 Å². The van der Waals surface area contributed by atoms with Crippen LogP contribution in [0.4, 0.5) is 0 Å². The third-order valence-electron chi connectivity index (χ3n) is 2.84. The molecule has 0 aliphatic heterocycles. The van der Waals surface area contributed by atoms with Crippen molar-refractivity contribution in [1.82, 2.24) is 5.32 Å². The van der Waals surface area contributed by atoms with Crippen molar-refractivity contribution in [2.24, 2.45) is 0 Å². The van der Waals surface area contributed by atoms with Crippen molar-refractivity contribution in [2.75, 3.05) is 26.9 Å². The summed E-state index contributed by atoms with van der Waals surface area (Å²) in [6.45, 7) is 5.74. The van der Waals surface area contributed by atoms with Crippen molar-refractivity contribution in [3.8, 4) is 5.75 Å². The van der Waals surface area contributed by atoms with Crippen LogP contribution in [0, 0.1) is 0 Å². The molecule has 0 fully saturated rings. The first kappa shape index (κ1) is 17.5. The molecule has 0 aromatic heterocycles. The number of hydrogen-bond donors (Lipinski definition) is 1. The molecule has 0 saturated carbocycles. The number of hydrogen-bond acceptors (Lipinski definition) is 5. The highest BCUT2D eigenvalue weighted by molar-refractivity contribution is 5.76. The highest BCUT2D eigenvalue weighted by Crippen LogP contribution is 2.14. The predicted molar refractivity (Wildman–Crippen MR) is 81.4 cm³/mol. The first-order valence-corrected chi connectivity index (χ1v) is 7.31. The standard InChI is InChI=1S/C16H25NO4/c1-4-9-17-15(16(18)20-5-2)12-21-14-8-6-7-13(10-14)11-19-3/h6-8,10,15,17H,4-5,9,11-12H2,1-3H3. The van der Waals surface area contributed by atoms with Crippen LogP contribution in [0.25, 0.3) is 0 Å². The third-order valence-corrected chi connectivity index (χ3v) is 2.84. The van der Waals surface area contributed by atoms with Crippen molar-refractivity contribution in [3.05, 3.63) is 29.8 Å². The number of nitrogens with one attached hydrogen (secondary N) is 1. The number of esters is 1. The normalized spacial score (nSPS) is 12.0. The number of carbonyl (C=O) groups is 1. The minimum Gasteiger partial charge on any atom is -0.491 e. The molecule has 5 heteroatoms. The molecule has 0 aliphatic rings. The molecule has 1 aromatic carbocycles. The van der Waals surface area contributed by atoms with Crippen LogP contribution in [-0.2, 0) is 20.9 Å². The van der Waals surface area contributed by atoms with Gasteiger partial charge < -0.3 is 19.5 Å². The maximum absolute atomic E-state index is 11.9. The van der Waals surface area contributed by atoms with Crippen molar-refractivity contribution >= 4 is 5.97 Å².